The summed E-state index contributed by atoms with van der Waals surface area (Å²) < 4.78 is 49.4. The Morgan fingerprint density at radius 1 is 1.00 bits per heavy atom. The minimum absolute atomic E-state index is 0.0424. The average molecular weight is 376 g/mol. The number of nitrogens with zero attached hydrogens (tertiary/aromatic N) is 2. The van der Waals surface area contributed by atoms with Crippen LogP contribution in [0.1, 0.15) is 5.56 Å². The van der Waals surface area contributed by atoms with E-state index in [4.69, 9.17) is 15.2 Å². The van der Waals surface area contributed by atoms with Crippen LogP contribution in [0.3, 0.4) is 0 Å². The average Bonchev–Trinajstić information content (AvgIpc) is 2.65. The minimum Gasteiger partial charge on any atom is -0.493 e. The van der Waals surface area contributed by atoms with E-state index in [-0.39, 0.29) is 23.1 Å². The van der Waals surface area contributed by atoms with Crippen LogP contribution in [0, 0.1) is 0 Å². The van der Waals surface area contributed by atoms with E-state index in [1.165, 1.54) is 25.6 Å². The first-order valence-corrected chi connectivity index (χ1v) is 7.74. The summed E-state index contributed by atoms with van der Waals surface area (Å²) >= 11 is 0. The third kappa shape index (κ3) is 4.20. The Morgan fingerprint density at radius 2 is 1.74 bits per heavy atom. The van der Waals surface area contributed by atoms with Crippen molar-refractivity contribution in [2.75, 3.05) is 18.2 Å². The molecule has 2 aromatic carbocycles. The number of aromatic nitrogens is 2. The molecule has 0 unspecified atom stereocenters. The highest BCUT2D eigenvalue weighted by atomic mass is 19.4. The highest BCUT2D eigenvalue weighted by Crippen LogP contribution is 2.36. The first-order chi connectivity index (χ1) is 12.9. The van der Waals surface area contributed by atoms with Gasteiger partial charge in [0.05, 0.1) is 12.7 Å². The van der Waals surface area contributed by atoms with Gasteiger partial charge in [0.15, 0.2) is 17.3 Å². The molecule has 1 heterocycles. The molecule has 0 aliphatic carbocycles. The van der Waals surface area contributed by atoms with Crippen LogP contribution in [-0.2, 0) is 6.18 Å². The van der Waals surface area contributed by atoms with E-state index < -0.39 is 11.7 Å². The van der Waals surface area contributed by atoms with Crippen molar-refractivity contribution in [1.82, 2.24) is 9.97 Å². The van der Waals surface area contributed by atoms with Crippen LogP contribution < -0.4 is 20.5 Å². The van der Waals surface area contributed by atoms with Crippen molar-refractivity contribution in [3.05, 3.63) is 60.4 Å². The molecule has 0 aliphatic heterocycles. The summed E-state index contributed by atoms with van der Waals surface area (Å²) in [6.45, 7) is 0. The fourth-order valence-corrected chi connectivity index (χ4v) is 2.28. The van der Waals surface area contributed by atoms with E-state index in [0.717, 1.165) is 12.1 Å². The van der Waals surface area contributed by atoms with Crippen molar-refractivity contribution in [2.45, 2.75) is 6.18 Å². The smallest absolute Gasteiger partial charge is 0.416 e. The van der Waals surface area contributed by atoms with Gasteiger partial charge in [0.25, 0.3) is 0 Å². The number of hydrogen-bond donors (Lipinski definition) is 2. The Morgan fingerprint density at radius 3 is 2.44 bits per heavy atom. The van der Waals surface area contributed by atoms with Gasteiger partial charge >= 0.3 is 6.18 Å². The molecule has 0 bridgehead atoms. The van der Waals surface area contributed by atoms with Crippen molar-refractivity contribution < 1.29 is 22.6 Å². The third-order valence-corrected chi connectivity index (χ3v) is 3.58. The number of halogens is 3. The highest BCUT2D eigenvalue weighted by molar-refractivity contribution is 5.72. The summed E-state index contributed by atoms with van der Waals surface area (Å²) in [7, 11) is 1.49. The number of ether oxygens (including phenoxy) is 2. The molecule has 3 aromatic rings. The normalized spacial score (nSPS) is 11.1. The van der Waals surface area contributed by atoms with Crippen LogP contribution in [0.15, 0.2) is 54.9 Å². The summed E-state index contributed by atoms with van der Waals surface area (Å²) in [5.41, 5.74) is 5.45. The molecule has 27 heavy (non-hydrogen) atoms. The number of nitrogen functional groups attached to an aromatic ring is 1. The lowest BCUT2D eigenvalue weighted by Gasteiger charge is -2.14. The van der Waals surface area contributed by atoms with Crippen LogP contribution >= 0.6 is 0 Å². The molecule has 140 valence electrons. The molecule has 0 radical (unpaired) electrons. The van der Waals surface area contributed by atoms with Gasteiger partial charge in [0.2, 0.25) is 5.88 Å². The molecule has 9 heteroatoms. The fraction of sp³-hybridized carbons (Fsp3) is 0.111. The van der Waals surface area contributed by atoms with Crippen molar-refractivity contribution >= 4 is 17.2 Å². The van der Waals surface area contributed by atoms with E-state index in [1.54, 1.807) is 24.3 Å². The van der Waals surface area contributed by atoms with Gasteiger partial charge < -0.3 is 20.5 Å². The van der Waals surface area contributed by atoms with E-state index in [1.807, 2.05) is 0 Å². The molecule has 0 spiro atoms. The Balaban J connectivity index is 1.87. The maximum atomic E-state index is 12.9. The predicted octanol–water partition coefficient (Wildman–Crippen LogP) is 4.62. The number of alkyl halides is 3. The zero-order valence-electron chi connectivity index (χ0n) is 14.1. The van der Waals surface area contributed by atoms with Crippen LogP contribution in [0.5, 0.6) is 17.4 Å². The predicted molar refractivity (Wildman–Crippen MR) is 94.2 cm³/mol. The molecule has 0 atom stereocenters. The molecule has 0 aliphatic rings. The number of hydrogen-bond acceptors (Lipinski definition) is 6. The number of benzene rings is 2. The monoisotopic (exact) mass is 376 g/mol. The second-order valence-electron chi connectivity index (χ2n) is 5.40. The van der Waals surface area contributed by atoms with Gasteiger partial charge in [-0.2, -0.15) is 18.2 Å². The van der Waals surface area contributed by atoms with E-state index in [2.05, 4.69) is 15.3 Å². The lowest BCUT2D eigenvalue weighted by molar-refractivity contribution is -0.137. The number of anilines is 3. The van der Waals surface area contributed by atoms with Crippen molar-refractivity contribution in [2.24, 2.45) is 0 Å². The van der Waals surface area contributed by atoms with Gasteiger partial charge in [0.1, 0.15) is 12.0 Å². The largest absolute Gasteiger partial charge is 0.493 e. The summed E-state index contributed by atoms with van der Waals surface area (Å²) in [4.78, 5) is 7.94. The van der Waals surface area contributed by atoms with Gasteiger partial charge in [-0.3, -0.25) is 0 Å². The molecular formula is C18H15F3N4O2. The van der Waals surface area contributed by atoms with Crippen molar-refractivity contribution in [3.8, 4) is 17.4 Å². The lowest BCUT2D eigenvalue weighted by atomic mass is 10.2. The number of nitrogens with two attached hydrogens (primary N) is 1. The zero-order valence-corrected chi connectivity index (χ0v) is 14.1. The third-order valence-electron chi connectivity index (χ3n) is 3.58. The molecular weight excluding hydrogens is 361 g/mol. The summed E-state index contributed by atoms with van der Waals surface area (Å²) in [6.07, 6.45) is -3.26. The molecule has 0 saturated carbocycles. The van der Waals surface area contributed by atoms with Crippen molar-refractivity contribution in [1.29, 1.82) is 0 Å². The van der Waals surface area contributed by atoms with Gasteiger partial charge in [-0.15, -0.1) is 0 Å². The Bertz CT molecular complexity index is 948. The molecule has 1 aromatic heterocycles. The van der Waals surface area contributed by atoms with Gasteiger partial charge in [-0.25, -0.2) is 4.98 Å². The van der Waals surface area contributed by atoms with Gasteiger partial charge in [-0.05, 0) is 30.3 Å². The SMILES string of the molecule is COc1ccccc1Oc1ncnc(Nc2cccc(C(F)(F)F)c2)c1N. The second kappa shape index (κ2) is 7.40. The van der Waals surface area contributed by atoms with E-state index in [0.29, 0.717) is 11.5 Å². The van der Waals surface area contributed by atoms with Gasteiger partial charge in [0, 0.05) is 5.69 Å². The lowest BCUT2D eigenvalue weighted by Crippen LogP contribution is -2.06. The molecule has 3 rings (SSSR count). The second-order valence-corrected chi connectivity index (χ2v) is 5.40. The van der Waals surface area contributed by atoms with E-state index in [9.17, 15) is 13.2 Å². The van der Waals surface area contributed by atoms with Crippen LogP contribution in [-0.4, -0.2) is 17.1 Å². The Kier molecular flexibility index (Phi) is 5.02. The highest BCUT2D eigenvalue weighted by Gasteiger charge is 2.30. The molecule has 0 amide bonds. The molecule has 3 N–H and O–H groups in total. The molecule has 0 saturated heterocycles. The summed E-state index contributed by atoms with van der Waals surface area (Å²) in [5, 5.41) is 2.75. The maximum absolute atomic E-state index is 12.9. The number of para-hydroxylation sites is 2. The van der Waals surface area contributed by atoms with Crippen LogP contribution in [0.4, 0.5) is 30.4 Å². The first-order valence-electron chi connectivity index (χ1n) is 7.74. The minimum atomic E-state index is -4.45. The quantitative estimate of drug-likeness (QED) is 0.676. The molecule has 0 fully saturated rings. The first kappa shape index (κ1) is 18.3. The van der Waals surface area contributed by atoms with E-state index >= 15 is 0 Å². The van der Waals surface area contributed by atoms with Crippen LogP contribution in [0.25, 0.3) is 0 Å². The summed E-state index contributed by atoms with van der Waals surface area (Å²) in [5.74, 6) is 1.02. The number of nitrogens with one attached hydrogen (secondary N) is 1. The number of methoxy groups -OCH3 is 1. The summed E-state index contributed by atoms with van der Waals surface area (Å²) in [6, 6.07) is 11.6. The standard InChI is InChI=1S/C18H15F3N4O2/c1-26-13-7-2-3-8-14(13)27-17-15(22)16(23-10-24-17)25-12-6-4-5-11(9-12)18(19,20)21/h2-10H,22H2,1H3,(H,23,24,25). The topological polar surface area (TPSA) is 82.3 Å². The Labute approximate surface area is 152 Å². The fourth-order valence-electron chi connectivity index (χ4n) is 2.28. The Hall–Kier alpha value is -3.49. The molecule has 6 nitrogen and oxygen atoms in total. The maximum Gasteiger partial charge on any atom is 0.416 e. The van der Waals surface area contributed by atoms with Gasteiger partial charge in [-0.1, -0.05) is 18.2 Å². The van der Waals surface area contributed by atoms with Crippen LogP contribution in [0.2, 0.25) is 0 Å². The zero-order chi connectivity index (χ0) is 19.4. The number of rotatable bonds is 5. The van der Waals surface area contributed by atoms with Crippen molar-refractivity contribution in [3.63, 3.8) is 0 Å².